The summed E-state index contributed by atoms with van der Waals surface area (Å²) in [6.45, 7) is 10.5. The van der Waals surface area contributed by atoms with Crippen LogP contribution >= 0.6 is 0 Å². The van der Waals surface area contributed by atoms with Crippen LogP contribution in [0.3, 0.4) is 0 Å². The van der Waals surface area contributed by atoms with Gasteiger partial charge in [-0.2, -0.15) is 0 Å². The van der Waals surface area contributed by atoms with E-state index in [-0.39, 0.29) is 11.0 Å². The van der Waals surface area contributed by atoms with Gasteiger partial charge < -0.3 is 15.6 Å². The fourth-order valence-electron chi connectivity index (χ4n) is 3.72. The topological polar surface area (TPSA) is 55.5 Å². The molecule has 130 valence electrons. The Morgan fingerprint density at radius 1 is 1.23 bits per heavy atom. The molecule has 2 atom stereocenters. The van der Waals surface area contributed by atoms with Crippen LogP contribution in [0, 0.1) is 5.41 Å². The molecule has 2 unspecified atom stereocenters. The largest absolute Gasteiger partial charge is 0.501 e. The van der Waals surface area contributed by atoms with Crippen molar-refractivity contribution >= 4 is 0 Å². The third kappa shape index (κ3) is 4.48. The van der Waals surface area contributed by atoms with Crippen molar-refractivity contribution in [3.8, 4) is 0 Å². The summed E-state index contributed by atoms with van der Waals surface area (Å²) in [5.41, 5.74) is 7.33. The Bertz CT molecular complexity index is 393. The minimum absolute atomic E-state index is 0.0308. The number of methoxy groups -OCH3 is 1. The van der Waals surface area contributed by atoms with E-state index in [1.54, 1.807) is 7.11 Å². The monoisotopic (exact) mass is 311 g/mol. The van der Waals surface area contributed by atoms with Gasteiger partial charge in [0.15, 0.2) is 0 Å². The summed E-state index contributed by atoms with van der Waals surface area (Å²) in [6, 6.07) is 0. The Balaban J connectivity index is 2.81. The summed E-state index contributed by atoms with van der Waals surface area (Å²) in [4.78, 5) is 0. The Morgan fingerprint density at radius 3 is 2.36 bits per heavy atom. The number of aliphatic hydroxyl groups is 1. The van der Waals surface area contributed by atoms with E-state index in [0.717, 1.165) is 44.3 Å². The molecule has 0 amide bonds. The van der Waals surface area contributed by atoms with Crippen LogP contribution in [0.1, 0.15) is 86.0 Å². The van der Waals surface area contributed by atoms with Crippen LogP contribution in [0.25, 0.3) is 0 Å². The SMILES string of the molecule is CCCCC1(C)C(CCCCC(C)(C)O)=C(OC)CC1(C)N. The zero-order chi connectivity index (χ0) is 17.0. The highest BCUT2D eigenvalue weighted by Gasteiger charge is 2.50. The molecule has 0 radical (unpaired) electrons. The molecule has 0 bridgehead atoms. The Labute approximate surface area is 137 Å². The molecule has 0 heterocycles. The van der Waals surface area contributed by atoms with E-state index in [1.165, 1.54) is 18.4 Å². The lowest BCUT2D eigenvalue weighted by Gasteiger charge is -2.40. The molecule has 0 saturated heterocycles. The molecule has 0 aromatic carbocycles. The van der Waals surface area contributed by atoms with E-state index in [0.29, 0.717) is 0 Å². The first-order valence-electron chi connectivity index (χ1n) is 8.85. The predicted molar refractivity (Wildman–Crippen MR) is 93.6 cm³/mol. The van der Waals surface area contributed by atoms with Crippen LogP contribution in [0.5, 0.6) is 0 Å². The van der Waals surface area contributed by atoms with E-state index in [1.807, 2.05) is 13.8 Å². The van der Waals surface area contributed by atoms with Crippen molar-refractivity contribution in [3.63, 3.8) is 0 Å². The van der Waals surface area contributed by atoms with Gasteiger partial charge in [-0.25, -0.2) is 0 Å². The van der Waals surface area contributed by atoms with Crippen molar-refractivity contribution < 1.29 is 9.84 Å². The molecule has 22 heavy (non-hydrogen) atoms. The quantitative estimate of drug-likeness (QED) is 0.615. The molecule has 0 saturated carbocycles. The molecule has 3 heteroatoms. The van der Waals surface area contributed by atoms with Crippen LogP contribution in [-0.2, 0) is 4.74 Å². The van der Waals surface area contributed by atoms with Crippen molar-refractivity contribution in [1.29, 1.82) is 0 Å². The van der Waals surface area contributed by atoms with Gasteiger partial charge in [-0.15, -0.1) is 0 Å². The summed E-state index contributed by atoms with van der Waals surface area (Å²) in [6.07, 6.45) is 8.36. The molecule has 0 aromatic rings. The van der Waals surface area contributed by atoms with E-state index in [9.17, 15) is 5.11 Å². The third-order valence-corrected chi connectivity index (χ3v) is 5.53. The van der Waals surface area contributed by atoms with Crippen LogP contribution in [0.15, 0.2) is 11.3 Å². The molecule has 1 aliphatic carbocycles. The van der Waals surface area contributed by atoms with Crippen LogP contribution in [0.2, 0.25) is 0 Å². The number of hydrogen-bond acceptors (Lipinski definition) is 3. The van der Waals surface area contributed by atoms with E-state index < -0.39 is 5.60 Å². The lowest BCUT2D eigenvalue weighted by atomic mass is 9.67. The molecular formula is C19H37NO2. The van der Waals surface area contributed by atoms with Gasteiger partial charge in [0.2, 0.25) is 0 Å². The van der Waals surface area contributed by atoms with Gasteiger partial charge in [0.25, 0.3) is 0 Å². The number of hydrogen-bond donors (Lipinski definition) is 2. The fourth-order valence-corrected chi connectivity index (χ4v) is 3.72. The van der Waals surface area contributed by atoms with Crippen molar-refractivity contribution in [2.75, 3.05) is 7.11 Å². The van der Waals surface area contributed by atoms with Crippen LogP contribution in [-0.4, -0.2) is 23.4 Å². The number of rotatable bonds is 9. The van der Waals surface area contributed by atoms with E-state index in [4.69, 9.17) is 10.5 Å². The van der Waals surface area contributed by atoms with Crippen molar-refractivity contribution in [2.45, 2.75) is 97.1 Å². The Hall–Kier alpha value is -0.540. The first kappa shape index (κ1) is 19.5. The molecule has 3 N–H and O–H groups in total. The van der Waals surface area contributed by atoms with Gasteiger partial charge in [-0.1, -0.05) is 33.1 Å². The van der Waals surface area contributed by atoms with Crippen LogP contribution in [0.4, 0.5) is 0 Å². The van der Waals surface area contributed by atoms with Gasteiger partial charge >= 0.3 is 0 Å². The lowest BCUT2D eigenvalue weighted by molar-refractivity contribution is 0.0680. The minimum Gasteiger partial charge on any atom is -0.501 e. The van der Waals surface area contributed by atoms with Gasteiger partial charge in [-0.3, -0.25) is 0 Å². The molecule has 0 aromatic heterocycles. The molecule has 1 rings (SSSR count). The molecule has 0 fully saturated rings. The van der Waals surface area contributed by atoms with Crippen molar-refractivity contribution in [1.82, 2.24) is 0 Å². The Morgan fingerprint density at radius 2 is 1.86 bits per heavy atom. The maximum atomic E-state index is 9.85. The molecular weight excluding hydrogens is 274 g/mol. The third-order valence-electron chi connectivity index (χ3n) is 5.53. The zero-order valence-corrected chi connectivity index (χ0v) is 15.6. The molecule has 0 aliphatic heterocycles. The van der Waals surface area contributed by atoms with Gasteiger partial charge in [-0.05, 0) is 52.0 Å². The van der Waals surface area contributed by atoms with E-state index >= 15 is 0 Å². The normalized spacial score (nSPS) is 29.3. The maximum absolute atomic E-state index is 9.85. The summed E-state index contributed by atoms with van der Waals surface area (Å²) in [5.74, 6) is 1.10. The van der Waals surface area contributed by atoms with E-state index in [2.05, 4.69) is 20.8 Å². The summed E-state index contributed by atoms with van der Waals surface area (Å²) >= 11 is 0. The predicted octanol–water partition coefficient (Wildman–Crippen LogP) is 4.54. The van der Waals surface area contributed by atoms with Crippen molar-refractivity contribution in [2.24, 2.45) is 11.1 Å². The average molecular weight is 312 g/mol. The Kier molecular flexibility index (Phi) is 6.52. The van der Waals surface area contributed by atoms with Gasteiger partial charge in [0, 0.05) is 17.4 Å². The minimum atomic E-state index is -0.567. The van der Waals surface area contributed by atoms with Gasteiger partial charge in [0.1, 0.15) is 0 Å². The standard InChI is InChI=1S/C19H37NO2/c1-7-8-13-18(4)15(11-9-10-12-17(2,3)21)16(22-6)14-19(18,5)20/h21H,7-14,20H2,1-6H3. The molecule has 1 aliphatic rings. The van der Waals surface area contributed by atoms with Gasteiger partial charge in [0.05, 0.1) is 18.5 Å². The maximum Gasteiger partial charge on any atom is 0.0972 e. The molecule has 3 nitrogen and oxygen atoms in total. The highest BCUT2D eigenvalue weighted by molar-refractivity contribution is 5.32. The lowest BCUT2D eigenvalue weighted by Crippen LogP contribution is -2.49. The first-order chi connectivity index (χ1) is 10.1. The number of ether oxygens (including phenoxy) is 1. The summed E-state index contributed by atoms with van der Waals surface area (Å²) in [5, 5.41) is 9.85. The van der Waals surface area contributed by atoms with Crippen molar-refractivity contribution in [3.05, 3.63) is 11.3 Å². The average Bonchev–Trinajstić information content (AvgIpc) is 2.59. The van der Waals surface area contributed by atoms with Crippen LogP contribution < -0.4 is 5.73 Å². The summed E-state index contributed by atoms with van der Waals surface area (Å²) < 4.78 is 5.68. The molecule has 0 spiro atoms. The highest BCUT2D eigenvalue weighted by atomic mass is 16.5. The zero-order valence-electron chi connectivity index (χ0n) is 15.6. The second kappa shape index (κ2) is 7.35. The smallest absolute Gasteiger partial charge is 0.0972 e. The number of nitrogens with two attached hydrogens (primary N) is 1. The number of unbranched alkanes of at least 4 members (excludes halogenated alkanes) is 2. The highest BCUT2D eigenvalue weighted by Crippen LogP contribution is 2.53. The fraction of sp³-hybridized carbons (Fsp3) is 0.895. The summed E-state index contributed by atoms with van der Waals surface area (Å²) in [7, 11) is 1.77. The first-order valence-corrected chi connectivity index (χ1v) is 8.85. The second-order valence-electron chi connectivity index (χ2n) is 8.16. The second-order valence-corrected chi connectivity index (χ2v) is 8.16.